The van der Waals surface area contributed by atoms with Crippen LogP contribution >= 0.6 is 0 Å². The molecule has 0 aliphatic heterocycles. The predicted octanol–water partition coefficient (Wildman–Crippen LogP) is 3.74. The fraction of sp³-hybridized carbons (Fsp3) is 0.615. The summed E-state index contributed by atoms with van der Waals surface area (Å²) in [5.41, 5.74) is 3.36. The van der Waals surface area contributed by atoms with Gasteiger partial charge in [0, 0.05) is 12.0 Å². The van der Waals surface area contributed by atoms with Gasteiger partial charge in [0.15, 0.2) is 5.78 Å². The highest BCUT2D eigenvalue weighted by atomic mass is 28.3. The molecule has 0 radical (unpaired) electrons. The highest BCUT2D eigenvalue weighted by Crippen LogP contribution is 2.31. The molecule has 0 spiro atoms. The maximum absolute atomic E-state index is 11.7. The molecular weight excluding hydrogens is 200 g/mol. The van der Waals surface area contributed by atoms with Crippen LogP contribution in [0.5, 0.6) is 0 Å². The van der Waals surface area contributed by atoms with E-state index in [-0.39, 0.29) is 5.41 Å². The smallest absolute Gasteiger partial charge is 0.162 e. The molecule has 0 fully saturated rings. The van der Waals surface area contributed by atoms with Gasteiger partial charge in [-0.25, -0.2) is 0 Å². The van der Waals surface area contributed by atoms with Gasteiger partial charge >= 0.3 is 0 Å². The van der Waals surface area contributed by atoms with Crippen LogP contribution in [-0.4, -0.2) is 13.9 Å². The van der Waals surface area contributed by atoms with Gasteiger partial charge in [-0.05, 0) is 11.8 Å². The molecule has 0 unspecified atom stereocenters. The van der Waals surface area contributed by atoms with E-state index < -0.39 is 8.07 Å². The average molecular weight is 222 g/mol. The third kappa shape index (κ3) is 4.16. The van der Waals surface area contributed by atoms with E-state index in [1.165, 1.54) is 0 Å². The van der Waals surface area contributed by atoms with E-state index in [1.807, 2.05) is 0 Å². The molecule has 1 aliphatic carbocycles. The maximum Gasteiger partial charge on any atom is 0.162 e. The number of Topliss-reactive ketones (excluding diaryl/α,β-unsaturated/α-hetero) is 1. The minimum atomic E-state index is -1.19. The monoisotopic (exact) mass is 222 g/mol. The van der Waals surface area contributed by atoms with Crippen molar-refractivity contribution in [2.24, 2.45) is 5.41 Å². The molecule has 0 atom stereocenters. The van der Waals surface area contributed by atoms with Crippen molar-refractivity contribution in [1.29, 1.82) is 0 Å². The van der Waals surface area contributed by atoms with Gasteiger partial charge in [-0.15, -0.1) is 0 Å². The van der Waals surface area contributed by atoms with E-state index in [1.54, 1.807) is 0 Å². The summed E-state index contributed by atoms with van der Waals surface area (Å²) in [6, 6.07) is 0. The Morgan fingerprint density at radius 2 is 1.93 bits per heavy atom. The molecule has 1 nitrogen and oxygen atoms in total. The van der Waals surface area contributed by atoms with Crippen LogP contribution in [0.15, 0.2) is 23.4 Å². The van der Waals surface area contributed by atoms with Crippen LogP contribution in [0.1, 0.15) is 26.7 Å². The minimum Gasteiger partial charge on any atom is -0.294 e. The molecule has 0 saturated carbocycles. The summed E-state index contributed by atoms with van der Waals surface area (Å²) in [6.45, 7) is 11.2. The third-order valence-corrected chi connectivity index (χ3v) is 3.79. The SMILES string of the molecule is CC1(C)C=C(C=C[Si](C)(C)C)C(=O)CC1. The van der Waals surface area contributed by atoms with Gasteiger partial charge < -0.3 is 0 Å². The van der Waals surface area contributed by atoms with Crippen molar-refractivity contribution in [2.45, 2.75) is 46.3 Å². The Bertz CT molecular complexity index is 316. The molecule has 1 aliphatic rings. The zero-order chi connectivity index (χ0) is 11.7. The lowest BCUT2D eigenvalue weighted by molar-refractivity contribution is -0.116. The van der Waals surface area contributed by atoms with E-state index in [9.17, 15) is 4.79 Å². The molecule has 0 amide bonds. The molecule has 2 heteroatoms. The maximum atomic E-state index is 11.7. The number of hydrogen-bond donors (Lipinski definition) is 0. The third-order valence-electron chi connectivity index (χ3n) is 2.63. The quantitative estimate of drug-likeness (QED) is 0.651. The first-order chi connectivity index (χ1) is 6.70. The number of carbonyl (C=O) groups is 1. The van der Waals surface area contributed by atoms with Gasteiger partial charge in [0.25, 0.3) is 0 Å². The average Bonchev–Trinajstić information content (AvgIpc) is 2.05. The van der Waals surface area contributed by atoms with E-state index in [4.69, 9.17) is 0 Å². The molecule has 0 N–H and O–H groups in total. The summed E-state index contributed by atoms with van der Waals surface area (Å²) in [5, 5.41) is 0. The first-order valence-electron chi connectivity index (χ1n) is 5.65. The number of ketones is 1. The fourth-order valence-electron chi connectivity index (χ4n) is 1.63. The summed E-state index contributed by atoms with van der Waals surface area (Å²) >= 11 is 0. The second-order valence-electron chi connectivity index (χ2n) is 6.21. The van der Waals surface area contributed by atoms with E-state index in [0.717, 1.165) is 12.0 Å². The second kappa shape index (κ2) is 4.09. The van der Waals surface area contributed by atoms with Crippen molar-refractivity contribution in [3.05, 3.63) is 23.4 Å². The van der Waals surface area contributed by atoms with Crippen LogP contribution in [0.25, 0.3) is 0 Å². The lowest BCUT2D eigenvalue weighted by atomic mass is 9.79. The summed E-state index contributed by atoms with van der Waals surface area (Å²) in [4.78, 5) is 11.7. The Morgan fingerprint density at radius 1 is 1.33 bits per heavy atom. The van der Waals surface area contributed by atoms with Gasteiger partial charge in [-0.1, -0.05) is 51.3 Å². The Morgan fingerprint density at radius 3 is 2.47 bits per heavy atom. The highest BCUT2D eigenvalue weighted by Gasteiger charge is 2.24. The number of allylic oxidation sites excluding steroid dienone is 3. The summed E-state index contributed by atoms with van der Waals surface area (Å²) in [5.74, 6) is 0.309. The van der Waals surface area contributed by atoms with Gasteiger partial charge in [-0.3, -0.25) is 4.79 Å². The minimum absolute atomic E-state index is 0.188. The van der Waals surface area contributed by atoms with Crippen LogP contribution in [0.3, 0.4) is 0 Å². The summed E-state index contributed by atoms with van der Waals surface area (Å²) in [6.07, 6.45) is 5.87. The summed E-state index contributed by atoms with van der Waals surface area (Å²) < 4.78 is 0. The van der Waals surface area contributed by atoms with Gasteiger partial charge in [0.1, 0.15) is 0 Å². The van der Waals surface area contributed by atoms with Crippen molar-refractivity contribution < 1.29 is 4.79 Å². The van der Waals surface area contributed by atoms with E-state index in [0.29, 0.717) is 12.2 Å². The fourth-order valence-corrected chi connectivity index (χ4v) is 2.31. The standard InChI is InChI=1S/C13H22OSi/c1-13(2)8-6-12(14)11(10-13)7-9-15(3,4)5/h7,9-10H,6,8H2,1-5H3. The zero-order valence-electron chi connectivity index (χ0n) is 10.6. The number of hydrogen-bond acceptors (Lipinski definition) is 1. The van der Waals surface area contributed by atoms with Crippen LogP contribution in [-0.2, 0) is 4.79 Å². The molecule has 0 aromatic rings. The van der Waals surface area contributed by atoms with Crippen molar-refractivity contribution in [1.82, 2.24) is 0 Å². The van der Waals surface area contributed by atoms with Crippen molar-refractivity contribution in [2.75, 3.05) is 0 Å². The topological polar surface area (TPSA) is 17.1 Å². The molecular formula is C13H22OSi. The lowest BCUT2D eigenvalue weighted by Crippen LogP contribution is -2.20. The molecule has 0 bridgehead atoms. The molecule has 1 rings (SSSR count). The van der Waals surface area contributed by atoms with Crippen molar-refractivity contribution >= 4 is 13.9 Å². The van der Waals surface area contributed by atoms with Crippen molar-refractivity contribution in [3.8, 4) is 0 Å². The molecule has 0 heterocycles. The Balaban J connectivity index is 2.88. The number of rotatable bonds is 2. The van der Waals surface area contributed by atoms with E-state index >= 15 is 0 Å². The van der Waals surface area contributed by atoms with Crippen LogP contribution in [0.4, 0.5) is 0 Å². The Kier molecular flexibility index (Phi) is 3.39. The first kappa shape index (κ1) is 12.4. The molecule has 0 aromatic carbocycles. The Labute approximate surface area is 94.3 Å². The van der Waals surface area contributed by atoms with E-state index in [2.05, 4.69) is 51.3 Å². The predicted molar refractivity (Wildman–Crippen MR) is 68.6 cm³/mol. The Hall–Kier alpha value is -0.633. The van der Waals surface area contributed by atoms with Gasteiger partial charge in [-0.2, -0.15) is 0 Å². The highest BCUT2D eigenvalue weighted by molar-refractivity contribution is 6.81. The number of carbonyl (C=O) groups excluding carboxylic acids is 1. The van der Waals surface area contributed by atoms with Crippen LogP contribution in [0, 0.1) is 5.41 Å². The first-order valence-corrected chi connectivity index (χ1v) is 9.23. The normalized spacial score (nSPS) is 21.9. The zero-order valence-corrected chi connectivity index (χ0v) is 11.6. The van der Waals surface area contributed by atoms with Crippen LogP contribution < -0.4 is 0 Å². The van der Waals surface area contributed by atoms with Gasteiger partial charge in [0.05, 0.1) is 8.07 Å². The second-order valence-corrected chi connectivity index (χ2v) is 11.3. The molecule has 0 aromatic heterocycles. The molecule has 84 valence electrons. The summed E-state index contributed by atoms with van der Waals surface area (Å²) in [7, 11) is -1.19. The van der Waals surface area contributed by atoms with Gasteiger partial charge in [0.2, 0.25) is 0 Å². The lowest BCUT2D eigenvalue weighted by Gasteiger charge is -2.25. The van der Waals surface area contributed by atoms with Crippen LogP contribution in [0.2, 0.25) is 19.6 Å². The molecule has 15 heavy (non-hydrogen) atoms. The molecule has 0 saturated heterocycles. The van der Waals surface area contributed by atoms with Crippen molar-refractivity contribution in [3.63, 3.8) is 0 Å². The largest absolute Gasteiger partial charge is 0.294 e.